The Labute approximate surface area is 182 Å². The van der Waals surface area contributed by atoms with Crippen LogP contribution in [0.3, 0.4) is 0 Å². The third-order valence-electron chi connectivity index (χ3n) is 5.55. The highest BCUT2D eigenvalue weighted by atomic mass is 79.9. The smallest absolute Gasteiger partial charge is 0.261 e. The highest BCUT2D eigenvalue weighted by molar-refractivity contribution is 9.10. The molecule has 1 aromatic heterocycles. The van der Waals surface area contributed by atoms with E-state index >= 15 is 0 Å². The van der Waals surface area contributed by atoms with Crippen molar-refractivity contribution < 1.29 is 4.79 Å². The number of carbonyl (C=O) groups is 1. The Morgan fingerprint density at radius 3 is 2.07 bits per heavy atom. The molecule has 1 N–H and O–H groups in total. The van der Waals surface area contributed by atoms with E-state index in [2.05, 4.69) is 61.1 Å². The molecule has 1 aromatic carbocycles. The number of benzene rings is 1. The summed E-state index contributed by atoms with van der Waals surface area (Å²) in [5.41, 5.74) is 6.05. The molecule has 0 fully saturated rings. The van der Waals surface area contributed by atoms with Gasteiger partial charge >= 0.3 is 0 Å². The lowest BCUT2D eigenvalue weighted by atomic mass is 9.96. The average molecular weight is 461 g/mol. The SMILES string of the molecule is CCCc1cc(CC)c(NC(=O)c2c(CCC)n(C)c(C)c(Br)c2=O)c(CC)c1. The molecule has 1 heterocycles. The van der Waals surface area contributed by atoms with Gasteiger partial charge in [0.2, 0.25) is 5.43 Å². The number of nitrogens with zero attached hydrogens (tertiary/aromatic N) is 1. The van der Waals surface area contributed by atoms with Crippen molar-refractivity contribution in [3.8, 4) is 0 Å². The molecule has 158 valence electrons. The van der Waals surface area contributed by atoms with Gasteiger partial charge in [0, 0.05) is 24.1 Å². The van der Waals surface area contributed by atoms with Crippen molar-refractivity contribution in [3.05, 3.63) is 60.5 Å². The zero-order valence-corrected chi connectivity index (χ0v) is 20.1. The Morgan fingerprint density at radius 2 is 1.59 bits per heavy atom. The third-order valence-corrected chi connectivity index (χ3v) is 6.49. The first-order valence-corrected chi connectivity index (χ1v) is 11.4. The van der Waals surface area contributed by atoms with Crippen molar-refractivity contribution >= 4 is 27.5 Å². The van der Waals surface area contributed by atoms with Crippen LogP contribution in [0.1, 0.15) is 79.0 Å². The topological polar surface area (TPSA) is 51.1 Å². The van der Waals surface area contributed by atoms with Gasteiger partial charge < -0.3 is 9.88 Å². The zero-order valence-electron chi connectivity index (χ0n) is 18.5. The van der Waals surface area contributed by atoms with Crippen LogP contribution in [-0.2, 0) is 32.7 Å². The summed E-state index contributed by atoms with van der Waals surface area (Å²) >= 11 is 3.39. The first-order chi connectivity index (χ1) is 13.8. The van der Waals surface area contributed by atoms with Crippen LogP contribution in [0.15, 0.2) is 21.4 Å². The van der Waals surface area contributed by atoms with Crippen LogP contribution in [0.25, 0.3) is 0 Å². The third kappa shape index (κ3) is 4.82. The average Bonchev–Trinajstić information content (AvgIpc) is 2.71. The molecule has 0 radical (unpaired) electrons. The van der Waals surface area contributed by atoms with Gasteiger partial charge in [0.25, 0.3) is 5.91 Å². The molecule has 0 spiro atoms. The molecule has 5 heteroatoms. The van der Waals surface area contributed by atoms with Gasteiger partial charge in [0.15, 0.2) is 0 Å². The van der Waals surface area contributed by atoms with Gasteiger partial charge in [0.05, 0.1) is 4.47 Å². The van der Waals surface area contributed by atoms with E-state index in [9.17, 15) is 9.59 Å². The van der Waals surface area contributed by atoms with E-state index in [0.29, 0.717) is 10.9 Å². The Hall–Kier alpha value is -1.88. The van der Waals surface area contributed by atoms with Gasteiger partial charge in [-0.3, -0.25) is 9.59 Å². The predicted octanol–water partition coefficient (Wildman–Crippen LogP) is 5.74. The van der Waals surface area contributed by atoms with E-state index in [1.165, 1.54) is 5.56 Å². The number of halogens is 1. The van der Waals surface area contributed by atoms with E-state index in [1.807, 2.05) is 18.5 Å². The molecule has 0 atom stereocenters. The first kappa shape index (κ1) is 23.4. The van der Waals surface area contributed by atoms with E-state index < -0.39 is 0 Å². The minimum Gasteiger partial charge on any atom is -0.350 e. The van der Waals surface area contributed by atoms with Crippen molar-refractivity contribution in [3.63, 3.8) is 0 Å². The van der Waals surface area contributed by atoms with Gasteiger partial charge in [-0.25, -0.2) is 0 Å². The molecular weight excluding hydrogens is 428 g/mol. The lowest BCUT2D eigenvalue weighted by Crippen LogP contribution is -2.29. The first-order valence-electron chi connectivity index (χ1n) is 10.6. The van der Waals surface area contributed by atoms with Crippen LogP contribution in [0, 0.1) is 6.92 Å². The number of rotatable bonds is 8. The summed E-state index contributed by atoms with van der Waals surface area (Å²) in [5.74, 6) is -0.317. The number of pyridine rings is 1. The molecule has 29 heavy (non-hydrogen) atoms. The quantitative estimate of drug-likeness (QED) is 0.545. The maximum atomic E-state index is 13.3. The van der Waals surface area contributed by atoms with Gasteiger partial charge in [-0.15, -0.1) is 0 Å². The number of anilines is 1. The molecule has 0 saturated carbocycles. The molecule has 0 aliphatic rings. The fraction of sp³-hybridized carbons (Fsp3) is 0.500. The molecule has 0 saturated heterocycles. The van der Waals surface area contributed by atoms with Crippen LogP contribution in [-0.4, -0.2) is 10.5 Å². The number of nitrogens with one attached hydrogen (secondary N) is 1. The molecule has 1 amide bonds. The molecule has 2 rings (SSSR count). The lowest BCUT2D eigenvalue weighted by Gasteiger charge is -2.20. The van der Waals surface area contributed by atoms with Crippen molar-refractivity contribution in [1.82, 2.24) is 4.57 Å². The van der Waals surface area contributed by atoms with Crippen LogP contribution in [0.5, 0.6) is 0 Å². The molecule has 0 unspecified atom stereocenters. The largest absolute Gasteiger partial charge is 0.350 e. The van der Waals surface area contributed by atoms with Crippen molar-refractivity contribution in [2.75, 3.05) is 5.32 Å². The summed E-state index contributed by atoms with van der Waals surface area (Å²) in [6.45, 7) is 10.3. The second-order valence-electron chi connectivity index (χ2n) is 7.56. The highest BCUT2D eigenvalue weighted by Crippen LogP contribution is 2.27. The van der Waals surface area contributed by atoms with Gasteiger partial charge in [0.1, 0.15) is 5.56 Å². The fourth-order valence-corrected chi connectivity index (χ4v) is 4.32. The zero-order chi connectivity index (χ0) is 21.7. The van der Waals surface area contributed by atoms with Crippen LogP contribution < -0.4 is 10.7 Å². The number of aryl methyl sites for hydroxylation is 3. The summed E-state index contributed by atoms with van der Waals surface area (Å²) in [4.78, 5) is 26.3. The van der Waals surface area contributed by atoms with E-state index in [4.69, 9.17) is 0 Å². The maximum Gasteiger partial charge on any atom is 0.261 e. The molecule has 0 aliphatic carbocycles. The van der Waals surface area contributed by atoms with Crippen molar-refractivity contribution in [1.29, 1.82) is 0 Å². The summed E-state index contributed by atoms with van der Waals surface area (Å²) in [7, 11) is 1.91. The van der Waals surface area contributed by atoms with Crippen molar-refractivity contribution in [2.24, 2.45) is 7.05 Å². The number of carbonyl (C=O) groups excluding carboxylic acids is 1. The summed E-state index contributed by atoms with van der Waals surface area (Å²) in [6, 6.07) is 4.38. The van der Waals surface area contributed by atoms with E-state index in [0.717, 1.165) is 60.3 Å². The maximum absolute atomic E-state index is 13.3. The van der Waals surface area contributed by atoms with Gasteiger partial charge in [-0.2, -0.15) is 0 Å². The van der Waals surface area contributed by atoms with Crippen LogP contribution in [0.2, 0.25) is 0 Å². The molecular formula is C24H33BrN2O2. The van der Waals surface area contributed by atoms with Gasteiger partial charge in [-0.05, 0) is 65.2 Å². The Morgan fingerprint density at radius 1 is 1.03 bits per heavy atom. The monoisotopic (exact) mass is 460 g/mol. The second kappa shape index (κ2) is 10.2. The lowest BCUT2D eigenvalue weighted by molar-refractivity contribution is 0.102. The number of aromatic nitrogens is 1. The Balaban J connectivity index is 2.60. The molecule has 2 aromatic rings. The van der Waals surface area contributed by atoms with Crippen LogP contribution in [0.4, 0.5) is 5.69 Å². The molecule has 0 bridgehead atoms. The number of amides is 1. The Bertz CT molecular complexity index is 935. The van der Waals surface area contributed by atoms with E-state index in [-0.39, 0.29) is 16.9 Å². The Kier molecular flexibility index (Phi) is 8.26. The summed E-state index contributed by atoms with van der Waals surface area (Å²) < 4.78 is 2.41. The second-order valence-corrected chi connectivity index (χ2v) is 8.35. The normalized spacial score (nSPS) is 11.0. The number of hydrogen-bond acceptors (Lipinski definition) is 2. The van der Waals surface area contributed by atoms with E-state index in [1.54, 1.807) is 0 Å². The van der Waals surface area contributed by atoms with Gasteiger partial charge in [-0.1, -0.05) is 52.7 Å². The minimum absolute atomic E-state index is 0.236. The van der Waals surface area contributed by atoms with Crippen molar-refractivity contribution in [2.45, 2.75) is 73.1 Å². The minimum atomic E-state index is -0.317. The fourth-order valence-electron chi connectivity index (χ4n) is 3.85. The predicted molar refractivity (Wildman–Crippen MR) is 125 cm³/mol. The number of hydrogen-bond donors (Lipinski definition) is 1. The molecule has 0 aliphatic heterocycles. The summed E-state index contributed by atoms with van der Waals surface area (Å²) in [6.07, 6.45) is 5.32. The highest BCUT2D eigenvalue weighted by Gasteiger charge is 2.23. The summed E-state index contributed by atoms with van der Waals surface area (Å²) in [5, 5.41) is 3.11. The standard InChI is InChI=1S/C24H33BrN2O2/c1-7-11-16-13-17(9-3)22(18(10-4)14-16)26-24(29)20-19(12-8-2)27(6)15(5)21(25)23(20)28/h13-14H,7-12H2,1-6H3,(H,26,29). The van der Waals surface area contributed by atoms with Crippen LogP contribution >= 0.6 is 15.9 Å². The molecule has 4 nitrogen and oxygen atoms in total.